The third-order valence-corrected chi connectivity index (χ3v) is 6.02. The van der Waals surface area contributed by atoms with E-state index < -0.39 is 30.5 Å². The van der Waals surface area contributed by atoms with Crippen LogP contribution in [0.2, 0.25) is 0 Å². The van der Waals surface area contributed by atoms with E-state index in [9.17, 15) is 9.90 Å². The monoisotopic (exact) mass is 476 g/mol. The van der Waals surface area contributed by atoms with Crippen LogP contribution in [0, 0.1) is 0 Å². The van der Waals surface area contributed by atoms with Crippen LogP contribution in [0.5, 0.6) is 0 Å². The SMILES string of the molecule is CC(=O)[C@@H]1O[C@H](COCc2ccccc2)[C@H](OCc2ccccc2)[C@H](OCc2ccccc2)[C@H]1O. The van der Waals surface area contributed by atoms with Gasteiger partial charge in [-0.2, -0.15) is 0 Å². The molecule has 1 aliphatic rings. The number of hydrogen-bond donors (Lipinski definition) is 1. The number of ether oxygens (including phenoxy) is 4. The lowest BCUT2D eigenvalue weighted by Gasteiger charge is -2.43. The molecular formula is C29H32O6. The molecule has 3 aromatic carbocycles. The van der Waals surface area contributed by atoms with E-state index in [4.69, 9.17) is 18.9 Å². The first-order chi connectivity index (χ1) is 17.1. The Bertz CT molecular complexity index is 1030. The molecule has 0 bridgehead atoms. The van der Waals surface area contributed by atoms with Crippen molar-refractivity contribution in [3.8, 4) is 0 Å². The molecule has 0 radical (unpaired) electrons. The molecule has 0 unspecified atom stereocenters. The van der Waals surface area contributed by atoms with Crippen molar-refractivity contribution in [1.29, 1.82) is 0 Å². The van der Waals surface area contributed by atoms with Gasteiger partial charge in [-0.3, -0.25) is 4.79 Å². The number of aliphatic hydroxyl groups excluding tert-OH is 1. The van der Waals surface area contributed by atoms with Crippen LogP contribution in [0.15, 0.2) is 91.0 Å². The van der Waals surface area contributed by atoms with E-state index in [1.165, 1.54) is 6.92 Å². The summed E-state index contributed by atoms with van der Waals surface area (Å²) < 4.78 is 24.5. The molecule has 0 spiro atoms. The van der Waals surface area contributed by atoms with E-state index in [1.54, 1.807) is 0 Å². The van der Waals surface area contributed by atoms with Crippen LogP contribution in [-0.2, 0) is 43.6 Å². The Morgan fingerprint density at radius 1 is 0.743 bits per heavy atom. The number of carbonyl (C=O) groups is 1. The Labute approximate surface area is 206 Å². The molecule has 5 atom stereocenters. The van der Waals surface area contributed by atoms with Crippen molar-refractivity contribution >= 4 is 5.78 Å². The first-order valence-electron chi connectivity index (χ1n) is 11.9. The fourth-order valence-corrected chi connectivity index (χ4v) is 4.19. The zero-order chi connectivity index (χ0) is 24.5. The number of benzene rings is 3. The normalized spacial score (nSPS) is 24.2. The van der Waals surface area contributed by atoms with Crippen LogP contribution in [-0.4, -0.2) is 48.0 Å². The van der Waals surface area contributed by atoms with Gasteiger partial charge in [0.25, 0.3) is 0 Å². The van der Waals surface area contributed by atoms with Gasteiger partial charge in [0.15, 0.2) is 5.78 Å². The minimum atomic E-state index is -1.16. The molecule has 1 fully saturated rings. The van der Waals surface area contributed by atoms with Crippen molar-refractivity contribution in [3.05, 3.63) is 108 Å². The van der Waals surface area contributed by atoms with E-state index in [-0.39, 0.29) is 19.0 Å². The van der Waals surface area contributed by atoms with E-state index in [1.807, 2.05) is 91.0 Å². The summed E-state index contributed by atoms with van der Waals surface area (Å²) in [6.45, 7) is 2.59. The van der Waals surface area contributed by atoms with Gasteiger partial charge in [0.05, 0.1) is 26.4 Å². The summed E-state index contributed by atoms with van der Waals surface area (Å²) in [5, 5.41) is 11.1. The molecule has 4 rings (SSSR count). The lowest BCUT2D eigenvalue weighted by molar-refractivity contribution is -0.255. The van der Waals surface area contributed by atoms with Crippen LogP contribution in [0.3, 0.4) is 0 Å². The molecule has 0 saturated carbocycles. The fourth-order valence-electron chi connectivity index (χ4n) is 4.19. The highest BCUT2D eigenvalue weighted by Gasteiger charge is 2.48. The van der Waals surface area contributed by atoms with E-state index in [0.717, 1.165) is 16.7 Å². The number of carbonyl (C=O) groups excluding carboxylic acids is 1. The standard InChI is InChI=1S/C29H32O6/c1-21(30)27-26(31)29(34-19-24-15-9-4-10-16-24)28(33-18-23-13-7-3-8-14-23)25(35-27)20-32-17-22-11-5-2-6-12-22/h2-16,25-29,31H,17-20H2,1H3/t25-,26+,27+,28+,29-/m1/s1. The number of rotatable bonds is 11. The van der Waals surface area contributed by atoms with Gasteiger partial charge in [0, 0.05) is 0 Å². The summed E-state index contributed by atoms with van der Waals surface area (Å²) in [6, 6.07) is 29.3. The van der Waals surface area contributed by atoms with Gasteiger partial charge >= 0.3 is 0 Å². The van der Waals surface area contributed by atoms with Gasteiger partial charge in [0.2, 0.25) is 0 Å². The second-order valence-corrected chi connectivity index (χ2v) is 8.72. The molecule has 1 aliphatic heterocycles. The van der Waals surface area contributed by atoms with Gasteiger partial charge in [-0.1, -0.05) is 91.0 Å². The second-order valence-electron chi connectivity index (χ2n) is 8.72. The van der Waals surface area contributed by atoms with Crippen molar-refractivity contribution in [3.63, 3.8) is 0 Å². The Hall–Kier alpha value is -2.87. The average molecular weight is 477 g/mol. The Morgan fingerprint density at radius 2 is 1.20 bits per heavy atom. The van der Waals surface area contributed by atoms with Crippen LogP contribution in [0.1, 0.15) is 23.6 Å². The largest absolute Gasteiger partial charge is 0.387 e. The zero-order valence-electron chi connectivity index (χ0n) is 19.9. The van der Waals surface area contributed by atoms with Crippen molar-refractivity contribution in [2.24, 2.45) is 0 Å². The first kappa shape index (κ1) is 25.2. The highest BCUT2D eigenvalue weighted by Crippen LogP contribution is 2.29. The third-order valence-electron chi connectivity index (χ3n) is 6.02. The molecule has 1 heterocycles. The fraction of sp³-hybridized carbons (Fsp3) is 0.345. The molecule has 35 heavy (non-hydrogen) atoms. The molecule has 6 nitrogen and oxygen atoms in total. The van der Waals surface area contributed by atoms with Crippen LogP contribution >= 0.6 is 0 Å². The molecular weight excluding hydrogens is 444 g/mol. The van der Waals surface area contributed by atoms with Crippen LogP contribution in [0.4, 0.5) is 0 Å². The molecule has 1 N–H and O–H groups in total. The summed E-state index contributed by atoms with van der Waals surface area (Å²) in [4.78, 5) is 12.3. The summed E-state index contributed by atoms with van der Waals surface area (Å²) >= 11 is 0. The van der Waals surface area contributed by atoms with Gasteiger partial charge in [-0.05, 0) is 23.6 Å². The smallest absolute Gasteiger partial charge is 0.161 e. The predicted octanol–water partition coefficient (Wildman–Crippen LogP) is 4.09. The maximum atomic E-state index is 12.3. The minimum absolute atomic E-state index is 0.191. The van der Waals surface area contributed by atoms with Crippen molar-refractivity contribution in [2.75, 3.05) is 6.61 Å². The van der Waals surface area contributed by atoms with Crippen molar-refractivity contribution < 1.29 is 28.8 Å². The lowest BCUT2D eigenvalue weighted by Crippen LogP contribution is -2.62. The summed E-state index contributed by atoms with van der Waals surface area (Å²) in [5.41, 5.74) is 2.98. The molecule has 3 aromatic rings. The van der Waals surface area contributed by atoms with Gasteiger partial charge < -0.3 is 24.1 Å². The Morgan fingerprint density at radius 3 is 1.69 bits per heavy atom. The summed E-state index contributed by atoms with van der Waals surface area (Å²) in [7, 11) is 0. The lowest BCUT2D eigenvalue weighted by atomic mass is 9.92. The van der Waals surface area contributed by atoms with Gasteiger partial charge in [0.1, 0.15) is 30.5 Å². The maximum Gasteiger partial charge on any atom is 0.161 e. The van der Waals surface area contributed by atoms with Crippen molar-refractivity contribution in [1.82, 2.24) is 0 Å². The minimum Gasteiger partial charge on any atom is -0.387 e. The van der Waals surface area contributed by atoms with Crippen LogP contribution in [0.25, 0.3) is 0 Å². The molecule has 0 aromatic heterocycles. The van der Waals surface area contributed by atoms with E-state index in [2.05, 4.69) is 0 Å². The zero-order valence-corrected chi connectivity index (χ0v) is 19.9. The molecule has 6 heteroatoms. The third kappa shape index (κ3) is 7.07. The van der Waals surface area contributed by atoms with Gasteiger partial charge in [-0.15, -0.1) is 0 Å². The van der Waals surface area contributed by atoms with Crippen LogP contribution < -0.4 is 0 Å². The highest BCUT2D eigenvalue weighted by molar-refractivity contribution is 5.81. The number of hydrogen-bond acceptors (Lipinski definition) is 6. The molecule has 0 aliphatic carbocycles. The van der Waals surface area contributed by atoms with Crippen molar-refractivity contribution in [2.45, 2.75) is 57.3 Å². The Kier molecular flexibility index (Phi) is 9.17. The van der Waals surface area contributed by atoms with E-state index in [0.29, 0.717) is 13.2 Å². The highest BCUT2D eigenvalue weighted by atomic mass is 16.6. The second kappa shape index (κ2) is 12.7. The first-order valence-corrected chi connectivity index (χ1v) is 11.9. The topological polar surface area (TPSA) is 74.2 Å². The number of Topliss-reactive ketones (excluding diaryl/α,β-unsaturated/α-hetero) is 1. The quantitative estimate of drug-likeness (QED) is 0.449. The van der Waals surface area contributed by atoms with E-state index >= 15 is 0 Å². The number of ketones is 1. The van der Waals surface area contributed by atoms with Gasteiger partial charge in [-0.25, -0.2) is 0 Å². The molecule has 0 amide bonds. The average Bonchev–Trinajstić information content (AvgIpc) is 2.89. The summed E-state index contributed by atoms with van der Waals surface area (Å²) in [5.74, 6) is -0.264. The predicted molar refractivity (Wildman–Crippen MR) is 131 cm³/mol. The number of aliphatic hydroxyl groups is 1. The Balaban J connectivity index is 1.52. The summed E-state index contributed by atoms with van der Waals surface area (Å²) in [6.07, 6.45) is -4.19. The maximum absolute atomic E-state index is 12.3. The molecule has 1 saturated heterocycles. The molecule has 184 valence electrons.